The number of aromatic nitrogens is 3. The molecular formula is C19H20N4O2S. The van der Waals surface area contributed by atoms with Crippen LogP contribution in [0.2, 0.25) is 0 Å². The van der Waals surface area contributed by atoms with E-state index in [0.29, 0.717) is 17.5 Å². The van der Waals surface area contributed by atoms with Crippen molar-refractivity contribution in [3.05, 3.63) is 53.5 Å². The third kappa shape index (κ3) is 4.70. The zero-order valence-corrected chi connectivity index (χ0v) is 15.8. The Morgan fingerprint density at radius 1 is 1.19 bits per heavy atom. The number of pyridine rings is 1. The lowest BCUT2D eigenvalue weighted by Crippen LogP contribution is -2.14. The minimum atomic E-state index is -0.0598. The fraction of sp³-hybridized carbons (Fsp3) is 0.263. The number of anilines is 1. The van der Waals surface area contributed by atoms with Crippen molar-refractivity contribution < 1.29 is 9.32 Å². The van der Waals surface area contributed by atoms with E-state index in [1.54, 1.807) is 6.20 Å². The normalized spacial score (nSPS) is 10.7. The summed E-state index contributed by atoms with van der Waals surface area (Å²) < 4.78 is 5.19. The molecule has 2 aromatic heterocycles. The molecule has 2 heterocycles. The van der Waals surface area contributed by atoms with Gasteiger partial charge in [-0.25, -0.2) is 4.98 Å². The second-order valence-electron chi connectivity index (χ2n) is 5.97. The average molecular weight is 368 g/mol. The van der Waals surface area contributed by atoms with Gasteiger partial charge in [-0.2, -0.15) is 4.98 Å². The van der Waals surface area contributed by atoms with Crippen LogP contribution in [0.3, 0.4) is 0 Å². The fourth-order valence-electron chi connectivity index (χ4n) is 2.49. The maximum absolute atomic E-state index is 12.1. The first-order valence-corrected chi connectivity index (χ1v) is 9.32. The van der Waals surface area contributed by atoms with Crippen LogP contribution in [0.1, 0.15) is 23.9 Å². The van der Waals surface area contributed by atoms with Crippen LogP contribution in [-0.4, -0.2) is 26.8 Å². The third-order valence-corrected chi connectivity index (χ3v) is 4.57. The lowest BCUT2D eigenvalue weighted by Gasteiger charge is -2.07. The molecule has 0 bridgehead atoms. The monoisotopic (exact) mass is 368 g/mol. The van der Waals surface area contributed by atoms with Crippen LogP contribution >= 0.6 is 11.8 Å². The van der Waals surface area contributed by atoms with Crippen molar-refractivity contribution in [3.63, 3.8) is 0 Å². The van der Waals surface area contributed by atoms with Crippen molar-refractivity contribution in [1.82, 2.24) is 15.1 Å². The van der Waals surface area contributed by atoms with Gasteiger partial charge in [-0.15, -0.1) is 0 Å². The van der Waals surface area contributed by atoms with Crippen LogP contribution in [0.4, 0.5) is 5.69 Å². The van der Waals surface area contributed by atoms with Crippen molar-refractivity contribution in [2.45, 2.75) is 32.2 Å². The molecule has 0 fully saturated rings. The highest BCUT2D eigenvalue weighted by atomic mass is 32.2. The number of amides is 1. The van der Waals surface area contributed by atoms with Crippen LogP contribution in [0.5, 0.6) is 0 Å². The standard InChI is InChI=1S/C19H20N4O2S/c1-4-16-22-19(25-23-16)14-5-6-18(20-10-14)26-11-17(24)21-15-8-12(2)7-13(3)9-15/h5-10H,4,11H2,1-3H3,(H,21,24). The van der Waals surface area contributed by atoms with Crippen molar-refractivity contribution in [1.29, 1.82) is 0 Å². The van der Waals surface area contributed by atoms with E-state index in [1.165, 1.54) is 11.8 Å². The van der Waals surface area contributed by atoms with E-state index in [-0.39, 0.29) is 5.91 Å². The van der Waals surface area contributed by atoms with Gasteiger partial charge in [0.25, 0.3) is 5.89 Å². The zero-order chi connectivity index (χ0) is 18.5. The number of hydrogen-bond acceptors (Lipinski definition) is 6. The molecule has 0 aliphatic heterocycles. The van der Waals surface area contributed by atoms with E-state index in [4.69, 9.17) is 4.52 Å². The number of thioether (sulfide) groups is 1. The summed E-state index contributed by atoms with van der Waals surface area (Å²) in [6.45, 7) is 5.99. The van der Waals surface area contributed by atoms with Crippen molar-refractivity contribution in [2.75, 3.05) is 11.1 Å². The van der Waals surface area contributed by atoms with Crippen LogP contribution in [-0.2, 0) is 11.2 Å². The van der Waals surface area contributed by atoms with Crippen LogP contribution in [0, 0.1) is 13.8 Å². The van der Waals surface area contributed by atoms with Gasteiger partial charge in [0.1, 0.15) is 0 Å². The number of nitrogens with one attached hydrogen (secondary N) is 1. The first-order valence-electron chi connectivity index (χ1n) is 8.33. The molecule has 3 rings (SSSR count). The second kappa shape index (κ2) is 8.14. The Hall–Kier alpha value is -2.67. The maximum Gasteiger partial charge on any atom is 0.259 e. The predicted octanol–water partition coefficient (Wildman–Crippen LogP) is 4.04. The predicted molar refractivity (Wildman–Crippen MR) is 102 cm³/mol. The van der Waals surface area contributed by atoms with Gasteiger partial charge in [-0.05, 0) is 49.2 Å². The number of rotatable bonds is 6. The summed E-state index contributed by atoms with van der Waals surface area (Å²) in [6, 6.07) is 9.70. The summed E-state index contributed by atoms with van der Waals surface area (Å²) in [5.41, 5.74) is 3.83. The summed E-state index contributed by atoms with van der Waals surface area (Å²) in [6.07, 6.45) is 2.40. The van der Waals surface area contributed by atoms with Crippen molar-refractivity contribution >= 4 is 23.4 Å². The molecule has 1 amide bonds. The number of aryl methyl sites for hydroxylation is 3. The molecule has 0 atom stereocenters. The number of carbonyl (C=O) groups excluding carboxylic acids is 1. The highest BCUT2D eigenvalue weighted by Gasteiger charge is 2.09. The van der Waals surface area contributed by atoms with E-state index in [2.05, 4.69) is 26.5 Å². The molecule has 3 aromatic rings. The molecule has 0 saturated heterocycles. The van der Waals surface area contributed by atoms with E-state index in [9.17, 15) is 4.79 Å². The zero-order valence-electron chi connectivity index (χ0n) is 14.9. The van der Waals surface area contributed by atoms with Crippen LogP contribution in [0.25, 0.3) is 11.5 Å². The SMILES string of the molecule is CCc1noc(-c2ccc(SCC(=O)Nc3cc(C)cc(C)c3)nc2)n1. The lowest BCUT2D eigenvalue weighted by atomic mass is 10.1. The molecule has 26 heavy (non-hydrogen) atoms. The third-order valence-electron chi connectivity index (χ3n) is 3.62. The number of nitrogens with zero attached hydrogens (tertiary/aromatic N) is 3. The summed E-state index contributed by atoms with van der Waals surface area (Å²) in [7, 11) is 0. The largest absolute Gasteiger partial charge is 0.334 e. The minimum absolute atomic E-state index is 0.0598. The number of benzene rings is 1. The highest BCUT2D eigenvalue weighted by molar-refractivity contribution is 7.99. The Morgan fingerprint density at radius 2 is 1.96 bits per heavy atom. The van der Waals surface area contributed by atoms with Gasteiger partial charge in [-0.1, -0.05) is 29.9 Å². The van der Waals surface area contributed by atoms with Crippen molar-refractivity contribution in [3.8, 4) is 11.5 Å². The van der Waals surface area contributed by atoms with E-state index < -0.39 is 0 Å². The Balaban J connectivity index is 1.56. The van der Waals surface area contributed by atoms with Gasteiger partial charge >= 0.3 is 0 Å². The summed E-state index contributed by atoms with van der Waals surface area (Å²) in [5.74, 6) is 1.36. The fourth-order valence-corrected chi connectivity index (χ4v) is 3.13. The first-order chi connectivity index (χ1) is 12.5. The summed E-state index contributed by atoms with van der Waals surface area (Å²) in [4.78, 5) is 20.8. The molecule has 6 nitrogen and oxygen atoms in total. The molecule has 0 saturated carbocycles. The van der Waals surface area contributed by atoms with Gasteiger partial charge in [0, 0.05) is 18.3 Å². The molecule has 0 unspecified atom stereocenters. The molecule has 0 spiro atoms. The van der Waals surface area contributed by atoms with Gasteiger partial charge in [-0.3, -0.25) is 4.79 Å². The Labute approximate surface area is 156 Å². The van der Waals surface area contributed by atoms with Crippen LogP contribution in [0.15, 0.2) is 46.1 Å². The first kappa shape index (κ1) is 18.1. The lowest BCUT2D eigenvalue weighted by molar-refractivity contribution is -0.113. The molecular weight excluding hydrogens is 348 g/mol. The summed E-state index contributed by atoms with van der Waals surface area (Å²) in [5, 5.41) is 7.56. The van der Waals surface area contributed by atoms with Crippen molar-refractivity contribution in [2.24, 2.45) is 0 Å². The maximum atomic E-state index is 12.1. The smallest absolute Gasteiger partial charge is 0.259 e. The van der Waals surface area contributed by atoms with E-state index in [0.717, 1.165) is 33.8 Å². The minimum Gasteiger partial charge on any atom is -0.334 e. The Morgan fingerprint density at radius 3 is 2.58 bits per heavy atom. The molecule has 1 aromatic carbocycles. The molecule has 0 aliphatic rings. The summed E-state index contributed by atoms with van der Waals surface area (Å²) >= 11 is 1.38. The van der Waals surface area contributed by atoms with E-state index >= 15 is 0 Å². The number of carbonyl (C=O) groups is 1. The molecule has 1 N–H and O–H groups in total. The molecule has 7 heteroatoms. The average Bonchev–Trinajstić information content (AvgIpc) is 3.09. The molecule has 134 valence electrons. The number of hydrogen-bond donors (Lipinski definition) is 1. The topological polar surface area (TPSA) is 80.9 Å². The Kier molecular flexibility index (Phi) is 5.68. The van der Waals surface area contributed by atoms with E-state index in [1.807, 2.05) is 45.0 Å². The Bertz CT molecular complexity index is 886. The van der Waals surface area contributed by atoms with Gasteiger partial charge in [0.15, 0.2) is 5.82 Å². The molecule has 0 aliphatic carbocycles. The van der Waals surface area contributed by atoms with Crippen LogP contribution < -0.4 is 5.32 Å². The molecule has 0 radical (unpaired) electrons. The van der Waals surface area contributed by atoms with Gasteiger partial charge in [0.2, 0.25) is 5.91 Å². The van der Waals surface area contributed by atoms with Gasteiger partial charge in [0.05, 0.1) is 16.3 Å². The quantitative estimate of drug-likeness (QED) is 0.661. The van der Waals surface area contributed by atoms with Gasteiger partial charge < -0.3 is 9.84 Å². The second-order valence-corrected chi connectivity index (χ2v) is 6.96. The highest BCUT2D eigenvalue weighted by Crippen LogP contribution is 2.21.